The molecule has 0 saturated heterocycles. The van der Waals surface area contributed by atoms with Crippen molar-refractivity contribution >= 4 is 39.7 Å². The number of allylic oxidation sites excluding steroid dienone is 5. The second-order valence-corrected chi connectivity index (χ2v) is 5.47. The first-order valence-electron chi connectivity index (χ1n) is 7.04. The molecule has 1 amide bonds. The molecule has 0 fully saturated rings. The molecule has 4 heteroatoms. The first kappa shape index (κ1) is 16.7. The van der Waals surface area contributed by atoms with Crippen LogP contribution in [0, 0.1) is 0 Å². The molecule has 0 atom stereocenters. The van der Waals surface area contributed by atoms with Crippen LogP contribution in [0.1, 0.15) is 12.5 Å². The van der Waals surface area contributed by atoms with E-state index in [2.05, 4.69) is 23.5 Å². The monoisotopic (exact) mass is 324 g/mol. The third-order valence-corrected chi connectivity index (χ3v) is 3.28. The van der Waals surface area contributed by atoms with Crippen LogP contribution >= 0.6 is 11.6 Å². The van der Waals surface area contributed by atoms with E-state index in [0.29, 0.717) is 10.7 Å². The number of hydrogen-bond donors (Lipinski definition) is 1. The van der Waals surface area contributed by atoms with Gasteiger partial charge in [0.2, 0.25) is 5.91 Å². The quantitative estimate of drug-likeness (QED) is 0.616. The van der Waals surface area contributed by atoms with E-state index in [-0.39, 0.29) is 5.91 Å². The molecule has 0 aliphatic heterocycles. The average molecular weight is 325 g/mol. The number of nitrogens with zero attached hydrogens (tertiary/aromatic N) is 1. The van der Waals surface area contributed by atoms with Crippen molar-refractivity contribution in [2.45, 2.75) is 6.92 Å². The Morgan fingerprint density at radius 2 is 2.09 bits per heavy atom. The molecule has 0 aliphatic rings. The van der Waals surface area contributed by atoms with Crippen LogP contribution in [-0.4, -0.2) is 10.9 Å². The molecule has 1 heterocycles. The third kappa shape index (κ3) is 4.18. The molecule has 3 nitrogen and oxygen atoms in total. The van der Waals surface area contributed by atoms with Gasteiger partial charge in [-0.25, -0.2) is 0 Å². The van der Waals surface area contributed by atoms with Gasteiger partial charge in [0.15, 0.2) is 0 Å². The number of fused-ring (bicyclic) bond motifs is 1. The molecule has 1 aromatic carbocycles. The lowest BCUT2D eigenvalue weighted by Crippen LogP contribution is -2.07. The highest BCUT2D eigenvalue weighted by Crippen LogP contribution is 2.27. The number of benzene rings is 1. The van der Waals surface area contributed by atoms with E-state index in [1.165, 1.54) is 6.08 Å². The van der Waals surface area contributed by atoms with E-state index in [0.717, 1.165) is 22.0 Å². The topological polar surface area (TPSA) is 42.0 Å². The summed E-state index contributed by atoms with van der Waals surface area (Å²) < 4.78 is 0. The third-order valence-electron chi connectivity index (χ3n) is 3.17. The predicted octanol–water partition coefficient (Wildman–Crippen LogP) is 5.07. The summed E-state index contributed by atoms with van der Waals surface area (Å²) in [5.74, 6) is -0.263. The minimum atomic E-state index is -0.263. The molecule has 0 saturated carbocycles. The standard InChI is InChI=1S/C19H17ClN2O/c1-4-6-14(11-13(3)20)15-7-8-17-16(12-15)18(9-10-21-17)22-19(23)5-2/h4-12H,1-2H2,3H3,(H,21,22,23)/b13-11+,14-6+. The normalized spacial score (nSPS) is 12.1. The molecule has 1 N–H and O–H groups in total. The molecule has 2 aromatic rings. The van der Waals surface area contributed by atoms with Gasteiger partial charge >= 0.3 is 0 Å². The van der Waals surface area contributed by atoms with Crippen LogP contribution in [0.5, 0.6) is 0 Å². The lowest BCUT2D eigenvalue weighted by Gasteiger charge is -2.09. The second-order valence-electron chi connectivity index (χ2n) is 4.87. The van der Waals surface area contributed by atoms with Gasteiger partial charge in [0, 0.05) is 16.6 Å². The van der Waals surface area contributed by atoms with E-state index < -0.39 is 0 Å². The summed E-state index contributed by atoms with van der Waals surface area (Å²) in [6.45, 7) is 9.02. The average Bonchev–Trinajstić information content (AvgIpc) is 2.54. The summed E-state index contributed by atoms with van der Waals surface area (Å²) in [5, 5.41) is 4.31. The van der Waals surface area contributed by atoms with Gasteiger partial charge in [-0.05, 0) is 48.4 Å². The Morgan fingerprint density at radius 1 is 1.30 bits per heavy atom. The maximum atomic E-state index is 11.6. The van der Waals surface area contributed by atoms with Crippen LogP contribution in [0.15, 0.2) is 73.0 Å². The Hall–Kier alpha value is -2.65. The molecule has 2 rings (SSSR count). The summed E-state index contributed by atoms with van der Waals surface area (Å²) in [6.07, 6.45) is 8.34. The molecule has 116 valence electrons. The first-order valence-corrected chi connectivity index (χ1v) is 7.42. The minimum absolute atomic E-state index is 0.263. The number of nitrogens with one attached hydrogen (secondary N) is 1. The Balaban J connectivity index is 2.60. The summed E-state index contributed by atoms with van der Waals surface area (Å²) in [4.78, 5) is 15.9. The zero-order valence-corrected chi connectivity index (χ0v) is 13.6. The number of rotatable bonds is 5. The van der Waals surface area contributed by atoms with E-state index in [1.807, 2.05) is 37.3 Å². The molecular formula is C19H17ClN2O. The lowest BCUT2D eigenvalue weighted by atomic mass is 10.0. The maximum absolute atomic E-state index is 11.6. The van der Waals surface area contributed by atoms with Crippen LogP contribution in [0.25, 0.3) is 16.5 Å². The van der Waals surface area contributed by atoms with Gasteiger partial charge in [0.1, 0.15) is 0 Å². The molecule has 23 heavy (non-hydrogen) atoms. The predicted molar refractivity (Wildman–Crippen MR) is 98.4 cm³/mol. The Morgan fingerprint density at radius 3 is 2.74 bits per heavy atom. The highest BCUT2D eigenvalue weighted by atomic mass is 35.5. The fourth-order valence-electron chi connectivity index (χ4n) is 2.19. The van der Waals surface area contributed by atoms with Gasteiger partial charge < -0.3 is 5.32 Å². The van der Waals surface area contributed by atoms with Crippen LogP contribution in [-0.2, 0) is 4.79 Å². The highest BCUT2D eigenvalue weighted by molar-refractivity contribution is 6.29. The number of pyridine rings is 1. The van der Waals surface area contributed by atoms with E-state index in [9.17, 15) is 4.79 Å². The van der Waals surface area contributed by atoms with Gasteiger partial charge in [-0.15, -0.1) is 0 Å². The van der Waals surface area contributed by atoms with Crippen molar-refractivity contribution in [2.24, 2.45) is 0 Å². The molecule has 1 aromatic heterocycles. The number of carbonyl (C=O) groups excluding carboxylic acids is 1. The fraction of sp³-hybridized carbons (Fsp3) is 0.0526. The minimum Gasteiger partial charge on any atom is -0.322 e. The SMILES string of the molecule is C=C/C=C(\C=C(/C)Cl)c1ccc2nccc(NC(=O)C=C)c2c1. The fourth-order valence-corrected chi connectivity index (χ4v) is 2.31. The van der Waals surface area contributed by atoms with Gasteiger partial charge in [0.25, 0.3) is 0 Å². The van der Waals surface area contributed by atoms with Crippen molar-refractivity contribution in [3.05, 3.63) is 78.5 Å². The highest BCUT2D eigenvalue weighted by Gasteiger charge is 2.07. The van der Waals surface area contributed by atoms with E-state index >= 15 is 0 Å². The maximum Gasteiger partial charge on any atom is 0.247 e. The zero-order chi connectivity index (χ0) is 16.8. The van der Waals surface area contributed by atoms with Crippen LogP contribution in [0.4, 0.5) is 5.69 Å². The Labute approximate surface area is 140 Å². The lowest BCUT2D eigenvalue weighted by molar-refractivity contribution is -0.111. The molecule has 0 radical (unpaired) electrons. The van der Waals surface area contributed by atoms with Crippen LogP contribution in [0.3, 0.4) is 0 Å². The number of amides is 1. The van der Waals surface area contributed by atoms with E-state index in [4.69, 9.17) is 11.6 Å². The Kier molecular flexibility index (Phi) is 5.50. The van der Waals surface area contributed by atoms with Crippen molar-refractivity contribution in [1.82, 2.24) is 4.98 Å². The largest absolute Gasteiger partial charge is 0.322 e. The van der Waals surface area contributed by atoms with Gasteiger partial charge in [-0.2, -0.15) is 0 Å². The molecular weight excluding hydrogens is 308 g/mol. The van der Waals surface area contributed by atoms with Crippen molar-refractivity contribution < 1.29 is 4.79 Å². The summed E-state index contributed by atoms with van der Waals surface area (Å²) in [5.41, 5.74) is 3.37. The van der Waals surface area contributed by atoms with Crippen molar-refractivity contribution in [3.63, 3.8) is 0 Å². The second kappa shape index (κ2) is 7.56. The summed E-state index contributed by atoms with van der Waals surface area (Å²) >= 11 is 6.00. The number of hydrogen-bond acceptors (Lipinski definition) is 2. The summed E-state index contributed by atoms with van der Waals surface area (Å²) in [6, 6.07) is 7.59. The number of aromatic nitrogens is 1. The molecule has 0 bridgehead atoms. The van der Waals surface area contributed by atoms with Crippen molar-refractivity contribution in [2.75, 3.05) is 5.32 Å². The smallest absolute Gasteiger partial charge is 0.247 e. The van der Waals surface area contributed by atoms with Gasteiger partial charge in [0.05, 0.1) is 11.2 Å². The molecule has 0 unspecified atom stereocenters. The summed E-state index contributed by atoms with van der Waals surface area (Å²) in [7, 11) is 0. The van der Waals surface area contributed by atoms with E-state index in [1.54, 1.807) is 18.3 Å². The van der Waals surface area contributed by atoms with Crippen LogP contribution < -0.4 is 5.32 Å². The zero-order valence-electron chi connectivity index (χ0n) is 12.8. The van der Waals surface area contributed by atoms with Gasteiger partial charge in [-0.1, -0.05) is 43.0 Å². The number of carbonyl (C=O) groups is 1. The Bertz CT molecular complexity index is 830. The van der Waals surface area contributed by atoms with Crippen LogP contribution in [0.2, 0.25) is 0 Å². The van der Waals surface area contributed by atoms with Crippen molar-refractivity contribution in [3.8, 4) is 0 Å². The number of halogens is 1. The first-order chi connectivity index (χ1) is 11.0. The number of anilines is 1. The molecule has 0 spiro atoms. The van der Waals surface area contributed by atoms with Gasteiger partial charge in [-0.3, -0.25) is 9.78 Å². The molecule has 0 aliphatic carbocycles. The van der Waals surface area contributed by atoms with Crippen molar-refractivity contribution in [1.29, 1.82) is 0 Å².